The molecule has 0 saturated carbocycles. The van der Waals surface area contributed by atoms with Gasteiger partial charge in [-0.1, -0.05) is 62.7 Å². The molecule has 0 atom stereocenters. The standard InChI is InChI=1S/C26H28N2O6/c1-3-5-11-21-23(25(32)33)28(22(29)8-4-2)26(34)27(21)16-17-12-14-18(15-13-17)19-9-6-7-10-20(19)24(30)31/h6-7,9-10,12-15H,3-5,8,11,16H2,1-2H3,(H,30,31)(H,32,33). The second-order valence-electron chi connectivity index (χ2n) is 8.10. The summed E-state index contributed by atoms with van der Waals surface area (Å²) >= 11 is 0. The molecular formula is C26H28N2O6. The Morgan fingerprint density at radius 3 is 2.15 bits per heavy atom. The third-order valence-corrected chi connectivity index (χ3v) is 5.69. The van der Waals surface area contributed by atoms with Crippen LogP contribution in [0.1, 0.15) is 76.4 Å². The number of imidazole rings is 1. The number of aromatic carboxylic acids is 2. The van der Waals surface area contributed by atoms with Crippen LogP contribution in [-0.4, -0.2) is 37.2 Å². The molecule has 178 valence electrons. The average molecular weight is 465 g/mol. The van der Waals surface area contributed by atoms with Crippen molar-refractivity contribution in [3.05, 3.63) is 81.5 Å². The van der Waals surface area contributed by atoms with E-state index in [0.717, 1.165) is 16.6 Å². The molecule has 2 N–H and O–H groups in total. The second kappa shape index (κ2) is 10.8. The molecule has 0 amide bonds. The van der Waals surface area contributed by atoms with E-state index in [4.69, 9.17) is 0 Å². The van der Waals surface area contributed by atoms with Gasteiger partial charge in [0.15, 0.2) is 5.69 Å². The molecule has 0 unspecified atom stereocenters. The molecule has 0 fully saturated rings. The van der Waals surface area contributed by atoms with Gasteiger partial charge in [0, 0.05) is 6.42 Å². The summed E-state index contributed by atoms with van der Waals surface area (Å²) in [5.41, 5.74) is 1.63. The summed E-state index contributed by atoms with van der Waals surface area (Å²) in [7, 11) is 0. The van der Waals surface area contributed by atoms with Crippen LogP contribution >= 0.6 is 0 Å². The summed E-state index contributed by atoms with van der Waals surface area (Å²) in [5, 5.41) is 19.3. The Labute approximate surface area is 197 Å². The lowest BCUT2D eigenvalue weighted by Gasteiger charge is -2.10. The van der Waals surface area contributed by atoms with Gasteiger partial charge in [-0.2, -0.15) is 0 Å². The Hall–Kier alpha value is -3.94. The molecule has 1 aromatic heterocycles. The van der Waals surface area contributed by atoms with Crippen LogP contribution in [0.15, 0.2) is 53.3 Å². The van der Waals surface area contributed by atoms with Crippen LogP contribution in [-0.2, 0) is 13.0 Å². The zero-order valence-corrected chi connectivity index (χ0v) is 19.3. The van der Waals surface area contributed by atoms with Gasteiger partial charge < -0.3 is 10.2 Å². The van der Waals surface area contributed by atoms with Crippen LogP contribution in [0.5, 0.6) is 0 Å². The molecule has 1 heterocycles. The molecule has 3 rings (SSSR count). The highest BCUT2D eigenvalue weighted by atomic mass is 16.4. The largest absolute Gasteiger partial charge is 0.478 e. The number of hydrogen-bond acceptors (Lipinski definition) is 4. The smallest absolute Gasteiger partial charge is 0.354 e. The molecule has 0 aliphatic heterocycles. The van der Waals surface area contributed by atoms with E-state index in [0.29, 0.717) is 36.1 Å². The molecule has 3 aromatic rings. The molecule has 0 spiro atoms. The average Bonchev–Trinajstić information content (AvgIpc) is 3.09. The van der Waals surface area contributed by atoms with E-state index in [1.807, 2.05) is 6.92 Å². The lowest BCUT2D eigenvalue weighted by Crippen LogP contribution is -2.31. The highest BCUT2D eigenvalue weighted by Crippen LogP contribution is 2.25. The van der Waals surface area contributed by atoms with Gasteiger partial charge in [0.25, 0.3) is 0 Å². The Balaban J connectivity index is 2.04. The number of carbonyl (C=O) groups excluding carboxylic acids is 1. The molecule has 2 aromatic carbocycles. The molecule has 0 aliphatic carbocycles. The van der Waals surface area contributed by atoms with Gasteiger partial charge in [-0.15, -0.1) is 0 Å². The summed E-state index contributed by atoms with van der Waals surface area (Å²) in [5.74, 6) is -2.85. The summed E-state index contributed by atoms with van der Waals surface area (Å²) in [4.78, 5) is 49.4. The summed E-state index contributed by atoms with van der Waals surface area (Å²) in [6, 6.07) is 13.8. The first kappa shape index (κ1) is 24.7. The lowest BCUT2D eigenvalue weighted by molar-refractivity contribution is 0.0668. The maximum atomic E-state index is 13.2. The first-order valence-corrected chi connectivity index (χ1v) is 11.3. The fraction of sp³-hybridized carbons (Fsp3) is 0.308. The highest BCUT2D eigenvalue weighted by Gasteiger charge is 2.27. The van der Waals surface area contributed by atoms with Crippen LogP contribution in [0.4, 0.5) is 0 Å². The first-order chi connectivity index (χ1) is 16.3. The monoisotopic (exact) mass is 464 g/mol. The van der Waals surface area contributed by atoms with Crippen molar-refractivity contribution in [1.82, 2.24) is 9.13 Å². The van der Waals surface area contributed by atoms with Gasteiger partial charge >= 0.3 is 17.6 Å². The van der Waals surface area contributed by atoms with Crippen LogP contribution < -0.4 is 5.69 Å². The number of carboxylic acid groups (broad SMARTS) is 2. The van der Waals surface area contributed by atoms with Crippen molar-refractivity contribution in [1.29, 1.82) is 0 Å². The zero-order chi connectivity index (χ0) is 24.8. The SMILES string of the molecule is CCCCc1c(C(=O)O)n(C(=O)CCC)c(=O)n1Cc1ccc(-c2ccccc2C(=O)O)cc1. The number of carbonyl (C=O) groups is 3. The van der Waals surface area contributed by atoms with Crippen LogP contribution in [0, 0.1) is 0 Å². The van der Waals surface area contributed by atoms with Crippen molar-refractivity contribution >= 4 is 17.8 Å². The minimum atomic E-state index is -1.30. The van der Waals surface area contributed by atoms with E-state index in [1.54, 1.807) is 49.4 Å². The van der Waals surface area contributed by atoms with Crippen LogP contribution in [0.3, 0.4) is 0 Å². The van der Waals surface area contributed by atoms with Crippen molar-refractivity contribution < 1.29 is 24.6 Å². The topological polar surface area (TPSA) is 119 Å². The van der Waals surface area contributed by atoms with E-state index in [9.17, 15) is 29.4 Å². The van der Waals surface area contributed by atoms with E-state index >= 15 is 0 Å². The summed E-state index contributed by atoms with van der Waals surface area (Å²) in [6.45, 7) is 3.86. The minimum absolute atomic E-state index is 0.0785. The number of benzene rings is 2. The Morgan fingerprint density at radius 1 is 0.882 bits per heavy atom. The van der Waals surface area contributed by atoms with Gasteiger partial charge in [-0.3, -0.25) is 9.36 Å². The normalized spacial score (nSPS) is 10.9. The maximum Gasteiger partial charge on any atom is 0.354 e. The highest BCUT2D eigenvalue weighted by molar-refractivity contribution is 5.96. The fourth-order valence-corrected chi connectivity index (χ4v) is 4.02. The predicted molar refractivity (Wildman–Crippen MR) is 128 cm³/mol. The van der Waals surface area contributed by atoms with Gasteiger partial charge in [0.05, 0.1) is 17.8 Å². The number of unbranched alkanes of at least 4 members (excludes halogenated alkanes) is 1. The fourth-order valence-electron chi connectivity index (χ4n) is 4.02. The Bertz CT molecular complexity index is 1270. The zero-order valence-electron chi connectivity index (χ0n) is 19.3. The van der Waals surface area contributed by atoms with Gasteiger partial charge in [-0.05, 0) is 42.0 Å². The lowest BCUT2D eigenvalue weighted by atomic mass is 9.99. The van der Waals surface area contributed by atoms with Crippen LogP contribution in [0.2, 0.25) is 0 Å². The molecule has 0 aliphatic rings. The molecule has 34 heavy (non-hydrogen) atoms. The first-order valence-electron chi connectivity index (χ1n) is 11.3. The quantitative estimate of drug-likeness (QED) is 0.455. The van der Waals surface area contributed by atoms with E-state index in [-0.39, 0.29) is 24.2 Å². The third kappa shape index (κ3) is 5.01. The number of hydrogen-bond donors (Lipinski definition) is 2. The van der Waals surface area contributed by atoms with Crippen molar-refractivity contribution in [2.45, 2.75) is 52.5 Å². The van der Waals surface area contributed by atoms with Crippen molar-refractivity contribution in [2.24, 2.45) is 0 Å². The van der Waals surface area contributed by atoms with E-state index < -0.39 is 23.5 Å². The molecule has 0 bridgehead atoms. The van der Waals surface area contributed by atoms with Crippen molar-refractivity contribution in [3.8, 4) is 11.1 Å². The third-order valence-electron chi connectivity index (χ3n) is 5.69. The molecule has 0 radical (unpaired) electrons. The summed E-state index contributed by atoms with van der Waals surface area (Å²) in [6.07, 6.45) is 2.42. The van der Waals surface area contributed by atoms with Gasteiger partial charge in [0.2, 0.25) is 5.91 Å². The number of carboxylic acids is 2. The minimum Gasteiger partial charge on any atom is -0.478 e. The van der Waals surface area contributed by atoms with Crippen molar-refractivity contribution in [3.63, 3.8) is 0 Å². The summed E-state index contributed by atoms with van der Waals surface area (Å²) < 4.78 is 2.17. The van der Waals surface area contributed by atoms with Crippen molar-refractivity contribution in [2.75, 3.05) is 0 Å². The number of nitrogens with zero attached hydrogens (tertiary/aromatic N) is 2. The van der Waals surface area contributed by atoms with E-state index in [2.05, 4.69) is 0 Å². The molecule has 8 nitrogen and oxygen atoms in total. The predicted octanol–water partition coefficient (Wildman–Crippen LogP) is 4.54. The molecular weight excluding hydrogens is 436 g/mol. The maximum absolute atomic E-state index is 13.2. The second-order valence-corrected chi connectivity index (χ2v) is 8.10. The van der Waals surface area contributed by atoms with Gasteiger partial charge in [-0.25, -0.2) is 19.0 Å². The molecule has 0 saturated heterocycles. The molecule has 8 heteroatoms. The van der Waals surface area contributed by atoms with E-state index in [1.165, 1.54) is 10.6 Å². The number of aromatic nitrogens is 2. The van der Waals surface area contributed by atoms with Crippen LogP contribution in [0.25, 0.3) is 11.1 Å². The number of rotatable bonds is 10. The Morgan fingerprint density at radius 2 is 1.56 bits per heavy atom. The van der Waals surface area contributed by atoms with Gasteiger partial charge in [0.1, 0.15) is 0 Å². The Kier molecular flexibility index (Phi) is 7.83.